The van der Waals surface area contributed by atoms with Crippen LogP contribution in [0.1, 0.15) is 44.1 Å². The van der Waals surface area contributed by atoms with Gasteiger partial charge < -0.3 is 15.0 Å². The van der Waals surface area contributed by atoms with Crippen LogP contribution >= 0.6 is 0 Å². The quantitative estimate of drug-likeness (QED) is 0.807. The molecule has 0 unspecified atom stereocenters. The Morgan fingerprint density at radius 3 is 2.74 bits per heavy atom. The van der Waals surface area contributed by atoms with Crippen LogP contribution in [-0.2, 0) is 11.2 Å². The van der Waals surface area contributed by atoms with Gasteiger partial charge in [0.15, 0.2) is 0 Å². The molecule has 1 amide bonds. The van der Waals surface area contributed by atoms with Gasteiger partial charge in [-0.2, -0.15) is 0 Å². The third-order valence-electron chi connectivity index (χ3n) is 4.56. The second-order valence-electron chi connectivity index (χ2n) is 6.32. The Labute approximate surface area is 168 Å². The summed E-state index contributed by atoms with van der Waals surface area (Å²) in [7, 11) is 0. The summed E-state index contributed by atoms with van der Waals surface area (Å²) in [6.07, 6.45) is 7.81. The number of nitrogens with zero attached hydrogens (tertiary/aromatic N) is 1. The number of carbonyl (C=O) groups is 1. The van der Waals surface area contributed by atoms with Crippen LogP contribution in [0.2, 0.25) is 0 Å². The van der Waals surface area contributed by atoms with Crippen molar-refractivity contribution in [2.45, 2.75) is 44.9 Å². The summed E-state index contributed by atoms with van der Waals surface area (Å²) in [6, 6.07) is 6.04. The smallest absolute Gasteiger partial charge is 0.224 e. The number of likely N-dealkylation sites (tertiary alicyclic amines) is 1. The standard InChI is InChI=1S/C18H26N2O2.Ar/c21-18-9-7-15-6-8-16(14-17(15)19-18)22-13-5-4-12-20-10-2-1-3-11-20;/h6,8,14H,1-5,7,9-13H2,(H,19,21);. The van der Waals surface area contributed by atoms with E-state index in [9.17, 15) is 4.79 Å². The Balaban J connectivity index is 0.00000192. The maximum Gasteiger partial charge on any atom is 0.224 e. The number of anilines is 1. The van der Waals surface area contributed by atoms with Crippen LogP contribution < -0.4 is 10.1 Å². The largest absolute Gasteiger partial charge is 0.494 e. The maximum atomic E-state index is 11.4. The molecule has 1 saturated heterocycles. The molecule has 2 heterocycles. The molecule has 0 bridgehead atoms. The van der Waals surface area contributed by atoms with E-state index in [0.29, 0.717) is 6.42 Å². The van der Waals surface area contributed by atoms with Gasteiger partial charge in [0, 0.05) is 55.9 Å². The molecule has 2 aliphatic rings. The monoisotopic (exact) mass is 342 g/mol. The van der Waals surface area contributed by atoms with Crippen molar-refractivity contribution >= 4 is 11.6 Å². The molecule has 1 N–H and O–H groups in total. The van der Waals surface area contributed by atoms with Crippen molar-refractivity contribution in [3.8, 4) is 5.75 Å². The summed E-state index contributed by atoms with van der Waals surface area (Å²) in [5.41, 5.74) is 2.12. The third kappa shape index (κ3) is 5.93. The van der Waals surface area contributed by atoms with Crippen LogP contribution in [0, 0.1) is 37.7 Å². The Morgan fingerprint density at radius 1 is 1.09 bits per heavy atom. The molecule has 23 heavy (non-hydrogen) atoms. The Morgan fingerprint density at radius 2 is 1.91 bits per heavy atom. The molecule has 4 nitrogen and oxygen atoms in total. The Hall–Kier alpha value is -0.290. The SMILES string of the molecule is O=C1CCc2ccc(OCCCCN3CCCCC3)cc2N1.[Ar]. The van der Waals surface area contributed by atoms with Gasteiger partial charge in [-0.25, -0.2) is 0 Å². The van der Waals surface area contributed by atoms with Crippen LogP contribution in [-0.4, -0.2) is 37.0 Å². The Bertz CT molecular complexity index is 516. The number of unbranched alkanes of at least 4 members (excludes halogenated alkanes) is 1. The number of amides is 1. The number of rotatable bonds is 6. The predicted molar refractivity (Wildman–Crippen MR) is 88.4 cm³/mol. The average molecular weight is 342 g/mol. The molecule has 0 aliphatic carbocycles. The molecule has 0 spiro atoms. The van der Waals surface area contributed by atoms with E-state index in [2.05, 4.69) is 16.3 Å². The summed E-state index contributed by atoms with van der Waals surface area (Å²) in [5.74, 6) is 0.963. The number of carbonyl (C=O) groups excluding carboxylic acids is 1. The summed E-state index contributed by atoms with van der Waals surface area (Å²) in [4.78, 5) is 14.0. The first-order valence-electron chi connectivity index (χ1n) is 8.59. The molecular weight excluding hydrogens is 316 g/mol. The number of nitrogens with one attached hydrogen (secondary N) is 1. The summed E-state index contributed by atoms with van der Waals surface area (Å²) >= 11 is 0. The fourth-order valence-corrected chi connectivity index (χ4v) is 3.25. The fraction of sp³-hybridized carbons (Fsp3) is 0.611. The van der Waals surface area contributed by atoms with Gasteiger partial charge in [0.05, 0.1) is 6.61 Å². The number of fused-ring (bicyclic) bond motifs is 1. The van der Waals surface area contributed by atoms with Gasteiger partial charge in [0.25, 0.3) is 0 Å². The van der Waals surface area contributed by atoms with Gasteiger partial charge in [-0.1, -0.05) is 12.5 Å². The van der Waals surface area contributed by atoms with Crippen LogP contribution in [0.5, 0.6) is 5.75 Å². The van der Waals surface area contributed by atoms with Crippen molar-refractivity contribution in [2.75, 3.05) is 31.6 Å². The van der Waals surface area contributed by atoms with E-state index in [1.165, 1.54) is 50.9 Å². The number of piperidine rings is 1. The van der Waals surface area contributed by atoms with Crippen molar-refractivity contribution in [3.63, 3.8) is 0 Å². The van der Waals surface area contributed by atoms with Crippen LogP contribution in [0.4, 0.5) is 5.69 Å². The van der Waals surface area contributed by atoms with Gasteiger partial charge in [-0.15, -0.1) is 0 Å². The average Bonchev–Trinajstić information content (AvgIpc) is 2.55. The van der Waals surface area contributed by atoms with E-state index >= 15 is 0 Å². The molecule has 1 aromatic carbocycles. The van der Waals surface area contributed by atoms with E-state index in [4.69, 9.17) is 4.74 Å². The molecule has 5 heteroatoms. The first kappa shape index (κ1) is 19.0. The van der Waals surface area contributed by atoms with Gasteiger partial charge in [0.1, 0.15) is 5.75 Å². The molecule has 0 radical (unpaired) electrons. The van der Waals surface area contributed by atoms with Crippen molar-refractivity contribution in [1.82, 2.24) is 4.90 Å². The molecule has 128 valence electrons. The normalized spacial score (nSPS) is 17.8. The van der Waals surface area contributed by atoms with Gasteiger partial charge in [-0.05, 0) is 63.4 Å². The number of benzene rings is 1. The minimum Gasteiger partial charge on any atom is -0.494 e. The molecular formula is C18H26ArN2O2. The molecule has 1 fully saturated rings. The minimum absolute atomic E-state index is 0. The van der Waals surface area contributed by atoms with Gasteiger partial charge >= 0.3 is 0 Å². The predicted octanol–water partition coefficient (Wildman–Crippen LogP) is 3.22. The minimum atomic E-state index is 0. The topological polar surface area (TPSA) is 41.6 Å². The fourth-order valence-electron chi connectivity index (χ4n) is 3.25. The van der Waals surface area contributed by atoms with E-state index in [1.54, 1.807) is 0 Å². The third-order valence-corrected chi connectivity index (χ3v) is 4.56. The summed E-state index contributed by atoms with van der Waals surface area (Å²) in [5, 5.41) is 2.92. The van der Waals surface area contributed by atoms with E-state index in [-0.39, 0.29) is 43.6 Å². The summed E-state index contributed by atoms with van der Waals surface area (Å²) < 4.78 is 5.83. The Kier molecular flexibility index (Phi) is 8.17. The van der Waals surface area contributed by atoms with E-state index in [0.717, 1.165) is 30.9 Å². The number of hydrogen-bond acceptors (Lipinski definition) is 3. The zero-order chi connectivity index (χ0) is 15.2. The van der Waals surface area contributed by atoms with Crippen LogP contribution in [0.3, 0.4) is 0 Å². The molecule has 0 atom stereocenters. The number of aryl methyl sites for hydroxylation is 1. The van der Waals surface area contributed by atoms with E-state index < -0.39 is 0 Å². The van der Waals surface area contributed by atoms with Crippen LogP contribution in [0.15, 0.2) is 18.2 Å². The first-order valence-corrected chi connectivity index (χ1v) is 8.59. The molecule has 3 rings (SSSR count). The summed E-state index contributed by atoms with van der Waals surface area (Å²) in [6.45, 7) is 4.49. The number of ether oxygens (including phenoxy) is 1. The van der Waals surface area contributed by atoms with E-state index in [1.807, 2.05) is 12.1 Å². The zero-order valence-electron chi connectivity index (χ0n) is 13.6. The van der Waals surface area contributed by atoms with Crippen molar-refractivity contribution in [2.24, 2.45) is 0 Å². The van der Waals surface area contributed by atoms with Gasteiger partial charge in [-0.3, -0.25) is 4.79 Å². The molecule has 0 saturated carbocycles. The first-order chi connectivity index (χ1) is 10.8. The van der Waals surface area contributed by atoms with Crippen molar-refractivity contribution in [1.29, 1.82) is 0 Å². The van der Waals surface area contributed by atoms with Crippen molar-refractivity contribution in [3.05, 3.63) is 23.8 Å². The molecule has 1 aromatic rings. The second-order valence-corrected chi connectivity index (χ2v) is 6.32. The zero-order valence-corrected chi connectivity index (χ0v) is 14.3. The number of hydrogen-bond donors (Lipinski definition) is 1. The van der Waals surface area contributed by atoms with Crippen molar-refractivity contribution < 1.29 is 47.3 Å². The second kappa shape index (κ2) is 9.87. The van der Waals surface area contributed by atoms with Gasteiger partial charge in [0.2, 0.25) is 5.91 Å². The molecule has 2 aliphatic heterocycles. The maximum absolute atomic E-state index is 11.4. The van der Waals surface area contributed by atoms with Crippen LogP contribution in [0.25, 0.3) is 0 Å². The molecule has 0 aromatic heterocycles.